The van der Waals surface area contributed by atoms with Crippen molar-refractivity contribution in [3.8, 4) is 11.3 Å². The molecule has 1 aromatic carbocycles. The molecule has 0 saturated heterocycles. The zero-order valence-corrected chi connectivity index (χ0v) is 15.7. The van der Waals surface area contributed by atoms with E-state index in [4.69, 9.17) is 5.73 Å². The quantitative estimate of drug-likeness (QED) is 0.491. The molecule has 9 heteroatoms. The van der Waals surface area contributed by atoms with Gasteiger partial charge in [0.15, 0.2) is 10.9 Å². The van der Waals surface area contributed by atoms with Crippen molar-refractivity contribution in [3.63, 3.8) is 0 Å². The molecule has 0 atom stereocenters. The molecule has 3 rings (SSSR count). The van der Waals surface area contributed by atoms with Crippen molar-refractivity contribution in [1.82, 2.24) is 19.1 Å². The van der Waals surface area contributed by atoms with E-state index in [0.717, 1.165) is 15.8 Å². The molecule has 0 fully saturated rings. The number of nitrogens with two attached hydrogens (primary N) is 1. The van der Waals surface area contributed by atoms with E-state index in [-0.39, 0.29) is 17.1 Å². The molecule has 0 spiro atoms. The number of nitrogens with zero attached hydrogens (tertiary/aromatic N) is 3. The maximum atomic E-state index is 12.5. The number of Topliss-reactive ketones (excluding diaryl/α,β-unsaturated/α-hetero) is 1. The molecule has 0 bridgehead atoms. The Morgan fingerprint density at radius 1 is 1.26 bits per heavy atom. The molecule has 8 nitrogen and oxygen atoms in total. The Balaban J connectivity index is 1.85. The number of ketones is 1. The lowest BCUT2D eigenvalue weighted by atomic mass is 10.2. The minimum absolute atomic E-state index is 0.0171. The number of nitrogens with one attached hydrogen (secondary N) is 1. The lowest BCUT2D eigenvalue weighted by Crippen LogP contribution is -2.35. The monoisotopic (exact) mass is 385 g/mol. The predicted molar refractivity (Wildman–Crippen MR) is 105 cm³/mol. The number of carbonyl (C=O) groups is 1. The first-order chi connectivity index (χ1) is 12.9. The van der Waals surface area contributed by atoms with Crippen molar-refractivity contribution in [2.75, 3.05) is 11.5 Å². The van der Waals surface area contributed by atoms with Gasteiger partial charge in [0.05, 0.1) is 17.6 Å². The van der Waals surface area contributed by atoms with Crippen molar-refractivity contribution in [3.05, 3.63) is 62.9 Å². The van der Waals surface area contributed by atoms with Crippen molar-refractivity contribution < 1.29 is 4.79 Å². The first kappa shape index (κ1) is 18.7. The Labute approximate surface area is 159 Å². The number of benzene rings is 1. The van der Waals surface area contributed by atoms with Crippen LogP contribution in [0.25, 0.3) is 11.3 Å². The highest BCUT2D eigenvalue weighted by Gasteiger charge is 2.19. The van der Waals surface area contributed by atoms with Crippen molar-refractivity contribution in [2.45, 2.75) is 18.6 Å². The Hall–Kier alpha value is -3.07. The second-order valence-corrected chi connectivity index (χ2v) is 6.77. The summed E-state index contributed by atoms with van der Waals surface area (Å²) in [5.74, 6) is -0.615. The average Bonchev–Trinajstić information content (AvgIpc) is 3.08. The first-order valence-electron chi connectivity index (χ1n) is 8.29. The highest BCUT2D eigenvalue weighted by molar-refractivity contribution is 7.99. The number of hydrogen-bond acceptors (Lipinski definition) is 6. The summed E-state index contributed by atoms with van der Waals surface area (Å²) in [6.45, 7) is 2.68. The third-order valence-electron chi connectivity index (χ3n) is 4.19. The van der Waals surface area contributed by atoms with Gasteiger partial charge in [-0.2, -0.15) is 0 Å². The summed E-state index contributed by atoms with van der Waals surface area (Å²) in [5, 5.41) is 0.671. The number of aromatic nitrogens is 4. The molecule has 0 unspecified atom stereocenters. The summed E-state index contributed by atoms with van der Waals surface area (Å²) in [7, 11) is 1.40. The first-order valence-corrected chi connectivity index (χ1v) is 9.28. The largest absolute Gasteiger partial charge is 0.384 e. The Morgan fingerprint density at radius 2 is 1.96 bits per heavy atom. The van der Waals surface area contributed by atoms with Crippen LogP contribution < -0.4 is 17.0 Å². The molecule has 3 N–H and O–H groups in total. The number of imidazole rings is 1. The van der Waals surface area contributed by atoms with E-state index >= 15 is 0 Å². The van der Waals surface area contributed by atoms with E-state index in [1.54, 1.807) is 6.20 Å². The van der Waals surface area contributed by atoms with E-state index in [1.807, 2.05) is 41.8 Å². The normalized spacial score (nSPS) is 10.9. The zero-order chi connectivity index (χ0) is 19.6. The maximum absolute atomic E-state index is 12.5. The summed E-state index contributed by atoms with van der Waals surface area (Å²) in [6, 6.07) is 9.83. The van der Waals surface area contributed by atoms with Crippen LogP contribution in [0.3, 0.4) is 0 Å². The number of hydrogen-bond donors (Lipinski definition) is 2. The summed E-state index contributed by atoms with van der Waals surface area (Å²) < 4.78 is 3.04. The molecule has 2 aromatic heterocycles. The van der Waals surface area contributed by atoms with Gasteiger partial charge in [0.2, 0.25) is 0 Å². The fraction of sp³-hybridized carbons (Fsp3) is 0.222. The van der Waals surface area contributed by atoms with E-state index in [0.29, 0.717) is 11.7 Å². The predicted octanol–water partition coefficient (Wildman–Crippen LogP) is 1.51. The molecule has 0 aliphatic heterocycles. The molecule has 3 aromatic rings. The van der Waals surface area contributed by atoms with Crippen LogP contribution in [0.1, 0.15) is 17.3 Å². The molecule has 0 saturated carbocycles. The van der Waals surface area contributed by atoms with Crippen molar-refractivity contribution >= 4 is 23.4 Å². The van der Waals surface area contributed by atoms with Crippen LogP contribution in [0.15, 0.2) is 51.3 Å². The maximum Gasteiger partial charge on any atom is 0.329 e. The fourth-order valence-corrected chi connectivity index (χ4v) is 3.64. The number of aromatic amines is 1. The third kappa shape index (κ3) is 3.59. The SMILES string of the molecule is CCn1c(-c2ccccc2)cnc1SCC(=O)c1c(N)n(C)c(=O)[nH]c1=O. The highest BCUT2D eigenvalue weighted by atomic mass is 32.2. The second-order valence-electron chi connectivity index (χ2n) is 5.83. The smallest absolute Gasteiger partial charge is 0.329 e. The Bertz CT molecular complexity index is 1100. The topological polar surface area (TPSA) is 116 Å². The highest BCUT2D eigenvalue weighted by Crippen LogP contribution is 2.26. The molecule has 0 aliphatic carbocycles. The van der Waals surface area contributed by atoms with Crippen LogP contribution in [-0.4, -0.2) is 30.6 Å². The Morgan fingerprint density at radius 3 is 2.63 bits per heavy atom. The molecular weight excluding hydrogens is 366 g/mol. The molecule has 140 valence electrons. The van der Waals surface area contributed by atoms with Crippen LogP contribution in [0, 0.1) is 0 Å². The van der Waals surface area contributed by atoms with Crippen molar-refractivity contribution in [2.24, 2.45) is 7.05 Å². The lowest BCUT2D eigenvalue weighted by molar-refractivity contribution is 0.102. The number of nitrogen functional groups attached to an aromatic ring is 1. The molecule has 0 amide bonds. The number of carbonyl (C=O) groups excluding carboxylic acids is 1. The van der Waals surface area contributed by atoms with Gasteiger partial charge >= 0.3 is 5.69 Å². The van der Waals surface area contributed by atoms with E-state index in [9.17, 15) is 14.4 Å². The third-order valence-corrected chi connectivity index (χ3v) is 5.18. The van der Waals surface area contributed by atoms with Crippen LogP contribution >= 0.6 is 11.8 Å². The number of thioether (sulfide) groups is 1. The Kier molecular flexibility index (Phi) is 5.31. The van der Waals surface area contributed by atoms with Gasteiger partial charge in [-0.3, -0.25) is 19.1 Å². The fourth-order valence-electron chi connectivity index (χ4n) is 2.73. The number of rotatable bonds is 6. The van der Waals surface area contributed by atoms with Crippen LogP contribution in [0.5, 0.6) is 0 Å². The molecule has 27 heavy (non-hydrogen) atoms. The standard InChI is InChI=1S/C18H19N5O3S/c1-3-23-12(11-7-5-4-6-8-11)9-20-18(23)27-10-13(24)14-15(19)22(2)17(26)21-16(14)25/h4-9H,3,10,19H2,1-2H3,(H,21,25,26). The van der Waals surface area contributed by atoms with Crippen LogP contribution in [-0.2, 0) is 13.6 Å². The summed E-state index contributed by atoms with van der Waals surface area (Å²) >= 11 is 1.22. The van der Waals surface area contributed by atoms with Gasteiger partial charge < -0.3 is 10.3 Å². The van der Waals surface area contributed by atoms with Gasteiger partial charge in [-0.1, -0.05) is 42.1 Å². The average molecular weight is 385 g/mol. The van der Waals surface area contributed by atoms with Gasteiger partial charge in [0.1, 0.15) is 11.4 Å². The van der Waals surface area contributed by atoms with Crippen LogP contribution in [0.2, 0.25) is 0 Å². The van der Waals surface area contributed by atoms with Gasteiger partial charge in [-0.15, -0.1) is 0 Å². The summed E-state index contributed by atoms with van der Waals surface area (Å²) in [4.78, 5) is 42.5. The van der Waals surface area contributed by atoms with Gasteiger partial charge in [0.25, 0.3) is 5.56 Å². The number of H-pyrrole nitrogens is 1. The zero-order valence-electron chi connectivity index (χ0n) is 14.9. The summed E-state index contributed by atoms with van der Waals surface area (Å²) in [5.41, 5.74) is 6.13. The second kappa shape index (κ2) is 7.67. The van der Waals surface area contributed by atoms with E-state index in [2.05, 4.69) is 9.97 Å². The lowest BCUT2D eigenvalue weighted by Gasteiger charge is -2.10. The number of anilines is 1. The van der Waals surface area contributed by atoms with Crippen LogP contribution in [0.4, 0.5) is 5.82 Å². The van der Waals surface area contributed by atoms with E-state index in [1.165, 1.54) is 18.8 Å². The van der Waals surface area contributed by atoms with Gasteiger partial charge in [-0.05, 0) is 12.5 Å². The molecule has 2 heterocycles. The minimum Gasteiger partial charge on any atom is -0.384 e. The van der Waals surface area contributed by atoms with Crippen molar-refractivity contribution in [1.29, 1.82) is 0 Å². The molecular formula is C18H19N5O3S. The molecule has 0 aliphatic rings. The molecule has 0 radical (unpaired) electrons. The van der Waals surface area contributed by atoms with E-state index < -0.39 is 17.0 Å². The minimum atomic E-state index is -0.773. The van der Waals surface area contributed by atoms with Gasteiger partial charge in [-0.25, -0.2) is 9.78 Å². The summed E-state index contributed by atoms with van der Waals surface area (Å²) in [6.07, 6.45) is 1.76. The van der Waals surface area contributed by atoms with Gasteiger partial charge in [0, 0.05) is 13.6 Å².